The molecule has 0 amide bonds. The van der Waals surface area contributed by atoms with E-state index in [0.29, 0.717) is 30.2 Å². The van der Waals surface area contributed by atoms with E-state index in [1.54, 1.807) is 0 Å². The Hall–Kier alpha value is -2.37. The molecule has 0 aromatic heterocycles. The fraction of sp³-hybridized carbons (Fsp3) is 0.548. The maximum atomic E-state index is 13.4. The minimum absolute atomic E-state index is 0.00292. The average molecular weight is 524 g/mol. The van der Waals surface area contributed by atoms with Crippen LogP contribution in [0.25, 0.3) is 0 Å². The number of hydrogen-bond acceptors (Lipinski definition) is 5. The molecule has 1 aliphatic heterocycles. The SMILES string of the molecule is COC(=O)C1(CC(C)C)N=CN(Cc2ccccc2)C1C1CCC(C(c2ccc(Cl)cc2)N(C)C)CC1. The normalized spacial score (nSPS) is 26.6. The summed E-state index contributed by atoms with van der Waals surface area (Å²) < 4.78 is 5.42. The van der Waals surface area contributed by atoms with Gasteiger partial charge < -0.3 is 14.5 Å². The Bertz CT molecular complexity index is 1050. The van der Waals surface area contributed by atoms with Crippen molar-refractivity contribution in [3.8, 4) is 0 Å². The molecule has 0 saturated heterocycles. The van der Waals surface area contributed by atoms with E-state index in [0.717, 1.165) is 37.3 Å². The molecule has 2 aliphatic rings. The van der Waals surface area contributed by atoms with E-state index in [-0.39, 0.29) is 12.0 Å². The first-order chi connectivity index (χ1) is 17.7. The van der Waals surface area contributed by atoms with Gasteiger partial charge >= 0.3 is 5.97 Å². The molecule has 0 spiro atoms. The van der Waals surface area contributed by atoms with Crippen LogP contribution in [0, 0.1) is 17.8 Å². The number of aliphatic imine (C=N–C) groups is 1. The number of benzene rings is 2. The van der Waals surface area contributed by atoms with Crippen LogP contribution in [0.15, 0.2) is 59.6 Å². The molecule has 3 atom stereocenters. The lowest BCUT2D eigenvalue weighted by molar-refractivity contribution is -0.150. The summed E-state index contributed by atoms with van der Waals surface area (Å²) >= 11 is 6.18. The summed E-state index contributed by atoms with van der Waals surface area (Å²) in [6, 6.07) is 19.1. The molecule has 4 rings (SSSR count). The maximum Gasteiger partial charge on any atom is 0.335 e. The fourth-order valence-corrected chi connectivity index (χ4v) is 6.98. The minimum atomic E-state index is -0.855. The third kappa shape index (κ3) is 6.04. The van der Waals surface area contributed by atoms with Crippen LogP contribution in [0.5, 0.6) is 0 Å². The van der Waals surface area contributed by atoms with E-state index >= 15 is 0 Å². The summed E-state index contributed by atoms with van der Waals surface area (Å²) in [5, 5.41) is 0.772. The fourth-order valence-electron chi connectivity index (χ4n) is 6.85. The van der Waals surface area contributed by atoms with Gasteiger partial charge in [0.2, 0.25) is 0 Å². The highest BCUT2D eigenvalue weighted by atomic mass is 35.5. The molecule has 37 heavy (non-hydrogen) atoms. The van der Waals surface area contributed by atoms with Crippen molar-refractivity contribution in [2.45, 2.75) is 70.1 Å². The Morgan fingerprint density at radius 3 is 2.30 bits per heavy atom. The summed E-state index contributed by atoms with van der Waals surface area (Å²) in [5.41, 5.74) is 1.69. The van der Waals surface area contributed by atoms with E-state index in [1.165, 1.54) is 18.2 Å². The van der Waals surface area contributed by atoms with E-state index in [2.05, 4.69) is 74.1 Å². The first-order valence-electron chi connectivity index (χ1n) is 13.6. The van der Waals surface area contributed by atoms with Gasteiger partial charge in [0, 0.05) is 17.6 Å². The van der Waals surface area contributed by atoms with Crippen molar-refractivity contribution >= 4 is 23.9 Å². The molecule has 1 aliphatic carbocycles. The van der Waals surface area contributed by atoms with Crippen LogP contribution < -0.4 is 0 Å². The topological polar surface area (TPSA) is 45.1 Å². The molecular formula is C31H42ClN3O2. The molecule has 3 unspecified atom stereocenters. The Morgan fingerprint density at radius 2 is 1.73 bits per heavy atom. The molecular weight excluding hydrogens is 482 g/mol. The lowest BCUT2D eigenvalue weighted by Crippen LogP contribution is -2.56. The van der Waals surface area contributed by atoms with Crippen molar-refractivity contribution in [3.05, 3.63) is 70.7 Å². The van der Waals surface area contributed by atoms with Crippen LogP contribution in [0.4, 0.5) is 0 Å². The van der Waals surface area contributed by atoms with Gasteiger partial charge in [0.25, 0.3) is 0 Å². The lowest BCUT2D eigenvalue weighted by Gasteiger charge is -2.45. The van der Waals surface area contributed by atoms with Crippen LogP contribution in [0.3, 0.4) is 0 Å². The number of methoxy groups -OCH3 is 1. The zero-order valence-electron chi connectivity index (χ0n) is 22.9. The molecule has 1 fully saturated rings. The first kappa shape index (κ1) is 27.7. The van der Waals surface area contributed by atoms with Gasteiger partial charge in [-0.05, 0) is 87.2 Å². The quantitative estimate of drug-likeness (QED) is 0.346. The smallest absolute Gasteiger partial charge is 0.335 e. The number of carbonyl (C=O) groups is 1. The summed E-state index contributed by atoms with van der Waals surface area (Å²) in [7, 11) is 5.84. The van der Waals surface area contributed by atoms with E-state index < -0.39 is 5.54 Å². The van der Waals surface area contributed by atoms with Gasteiger partial charge in [-0.15, -0.1) is 0 Å². The second-order valence-electron chi connectivity index (χ2n) is 11.5. The third-order valence-electron chi connectivity index (χ3n) is 8.23. The molecule has 5 nitrogen and oxygen atoms in total. The largest absolute Gasteiger partial charge is 0.467 e. The number of ether oxygens (including phenoxy) is 1. The highest BCUT2D eigenvalue weighted by Crippen LogP contribution is 2.46. The molecule has 0 bridgehead atoms. The second kappa shape index (κ2) is 12.0. The summed E-state index contributed by atoms with van der Waals surface area (Å²) in [5.74, 6) is 1.05. The maximum absolute atomic E-state index is 13.4. The Labute approximate surface area is 227 Å². The standard InChI is InChI=1S/C31H42ClN3O2/c1-22(2)19-31(30(36)37-5)29(35(21-33-31)20-23-9-7-6-8-10-23)26-13-11-24(12-14-26)28(34(3)4)25-15-17-27(32)18-16-25/h6-10,15-18,21-22,24,26,28-29H,11-14,19-20H2,1-5H3. The number of hydrogen-bond donors (Lipinski definition) is 0. The highest BCUT2D eigenvalue weighted by molar-refractivity contribution is 6.30. The van der Waals surface area contributed by atoms with Crippen LogP contribution in [0.1, 0.15) is 63.1 Å². The lowest BCUT2D eigenvalue weighted by atomic mass is 9.68. The molecule has 1 heterocycles. The van der Waals surface area contributed by atoms with E-state index in [9.17, 15) is 4.79 Å². The number of nitrogens with zero attached hydrogens (tertiary/aromatic N) is 3. The monoisotopic (exact) mass is 523 g/mol. The van der Waals surface area contributed by atoms with Crippen molar-refractivity contribution in [2.24, 2.45) is 22.7 Å². The van der Waals surface area contributed by atoms with Crippen LogP contribution in [-0.2, 0) is 16.1 Å². The van der Waals surface area contributed by atoms with Gasteiger partial charge in [0.1, 0.15) is 0 Å². The van der Waals surface area contributed by atoms with Gasteiger partial charge in [0.05, 0.1) is 19.5 Å². The Kier molecular flexibility index (Phi) is 8.97. The van der Waals surface area contributed by atoms with Crippen molar-refractivity contribution < 1.29 is 9.53 Å². The van der Waals surface area contributed by atoms with Gasteiger partial charge in [-0.25, -0.2) is 4.79 Å². The predicted molar refractivity (Wildman–Crippen MR) is 152 cm³/mol. The van der Waals surface area contributed by atoms with Crippen molar-refractivity contribution in [1.29, 1.82) is 0 Å². The van der Waals surface area contributed by atoms with Gasteiger partial charge in [-0.1, -0.05) is 67.9 Å². The number of carbonyl (C=O) groups excluding carboxylic acids is 1. The molecule has 0 radical (unpaired) electrons. The molecule has 2 aromatic rings. The summed E-state index contributed by atoms with van der Waals surface area (Å²) in [4.78, 5) is 23.0. The molecule has 200 valence electrons. The third-order valence-corrected chi connectivity index (χ3v) is 8.48. The minimum Gasteiger partial charge on any atom is -0.467 e. The predicted octanol–water partition coefficient (Wildman–Crippen LogP) is 6.62. The van der Waals surface area contributed by atoms with Gasteiger partial charge in [0.15, 0.2) is 5.54 Å². The van der Waals surface area contributed by atoms with Crippen molar-refractivity contribution in [2.75, 3.05) is 21.2 Å². The summed E-state index contributed by atoms with van der Waals surface area (Å²) in [6.45, 7) is 5.08. The van der Waals surface area contributed by atoms with E-state index in [1.807, 2.05) is 24.5 Å². The zero-order chi connectivity index (χ0) is 26.6. The van der Waals surface area contributed by atoms with E-state index in [4.69, 9.17) is 21.3 Å². The second-order valence-corrected chi connectivity index (χ2v) is 11.9. The Balaban J connectivity index is 1.59. The number of esters is 1. The van der Waals surface area contributed by atoms with Crippen molar-refractivity contribution in [1.82, 2.24) is 9.80 Å². The summed E-state index contributed by atoms with van der Waals surface area (Å²) in [6.07, 6.45) is 6.99. The number of rotatable bonds is 9. The average Bonchev–Trinajstić information content (AvgIpc) is 3.23. The first-order valence-corrected chi connectivity index (χ1v) is 14.0. The molecule has 2 aromatic carbocycles. The molecule has 1 saturated carbocycles. The highest BCUT2D eigenvalue weighted by Gasteiger charge is 2.55. The molecule has 0 N–H and O–H groups in total. The van der Waals surface area contributed by atoms with Crippen LogP contribution >= 0.6 is 11.6 Å². The number of halogens is 1. The van der Waals surface area contributed by atoms with Crippen molar-refractivity contribution in [3.63, 3.8) is 0 Å². The van der Waals surface area contributed by atoms with Gasteiger partial charge in [-0.3, -0.25) is 4.99 Å². The zero-order valence-corrected chi connectivity index (χ0v) is 23.7. The van der Waals surface area contributed by atoms with Crippen LogP contribution in [0.2, 0.25) is 5.02 Å². The molecule has 6 heteroatoms. The van der Waals surface area contributed by atoms with Crippen LogP contribution in [-0.4, -0.2) is 54.9 Å². The van der Waals surface area contributed by atoms with Gasteiger partial charge in [-0.2, -0.15) is 0 Å². The Morgan fingerprint density at radius 1 is 1.08 bits per heavy atom.